The van der Waals surface area contributed by atoms with Gasteiger partial charge in [-0.15, -0.1) is 0 Å². The Morgan fingerprint density at radius 2 is 1.76 bits per heavy atom. The van der Waals surface area contributed by atoms with Gasteiger partial charge >= 0.3 is 0 Å². The fourth-order valence-electron chi connectivity index (χ4n) is 5.61. The molecule has 5 rings (SSSR count). The number of halogens is 1. The van der Waals surface area contributed by atoms with Crippen LogP contribution in [0.4, 0.5) is 28.8 Å². The molecule has 1 aromatic heterocycles. The summed E-state index contributed by atoms with van der Waals surface area (Å²) in [6, 6.07) is 12.5. The second-order valence-electron chi connectivity index (χ2n) is 11.4. The van der Waals surface area contributed by atoms with Gasteiger partial charge in [0.05, 0.1) is 38.9 Å². The van der Waals surface area contributed by atoms with Gasteiger partial charge in [0.25, 0.3) is 0 Å². The molecule has 0 aliphatic carbocycles. The number of sulfone groups is 1. The van der Waals surface area contributed by atoms with E-state index >= 15 is 0 Å². The number of piperidine rings is 2. The van der Waals surface area contributed by atoms with E-state index < -0.39 is 22.1 Å². The van der Waals surface area contributed by atoms with E-state index in [4.69, 9.17) is 20.5 Å². The molecule has 0 amide bonds. The van der Waals surface area contributed by atoms with E-state index in [1.54, 1.807) is 44.2 Å². The van der Waals surface area contributed by atoms with Gasteiger partial charge in [0, 0.05) is 30.9 Å². The highest BCUT2D eigenvalue weighted by molar-refractivity contribution is 7.92. The van der Waals surface area contributed by atoms with Crippen molar-refractivity contribution < 1.29 is 17.3 Å². The fraction of sp³-hybridized carbons (Fsp3) is 0.484. The Morgan fingerprint density at radius 3 is 2.48 bits per heavy atom. The molecule has 0 spiro atoms. The van der Waals surface area contributed by atoms with Crippen LogP contribution >= 0.6 is 11.6 Å². The molecule has 3 heterocycles. The molecule has 2 aliphatic heterocycles. The summed E-state index contributed by atoms with van der Waals surface area (Å²) in [5.41, 5.74) is 1.57. The summed E-state index contributed by atoms with van der Waals surface area (Å²) in [5, 5.41) is 5.64. The van der Waals surface area contributed by atoms with Crippen LogP contribution < -0.4 is 20.3 Å². The first-order chi connectivity index (χ1) is 21.3. The van der Waals surface area contributed by atoms with E-state index in [0.29, 0.717) is 17.4 Å². The maximum atomic E-state index is 12.9. The number of nitrogens with one attached hydrogen (secondary N) is 2. The highest BCUT2D eigenvalue weighted by atomic mass is 35.5. The fourth-order valence-corrected chi connectivity index (χ4v) is 6.95. The Balaban J connectivity index is 1.34. The van der Waals surface area contributed by atoms with Crippen molar-refractivity contribution in [2.45, 2.75) is 62.6 Å². The van der Waals surface area contributed by atoms with Crippen molar-refractivity contribution in [2.24, 2.45) is 5.92 Å². The largest absolute Gasteiger partial charge is 0.494 e. The summed E-state index contributed by atoms with van der Waals surface area (Å²) in [6.07, 6.45) is 6.00. The number of hydrogen-bond acceptors (Lipinski definition) is 9. The van der Waals surface area contributed by atoms with Crippen LogP contribution in [-0.2, 0) is 9.84 Å². The van der Waals surface area contributed by atoms with Crippen LogP contribution in [0.3, 0.4) is 0 Å². The maximum Gasteiger partial charge on any atom is 0.229 e. The molecule has 0 saturated carbocycles. The first-order valence-electron chi connectivity index (χ1n) is 16.0. The molecule has 2 saturated heterocycles. The summed E-state index contributed by atoms with van der Waals surface area (Å²) in [5.74, 6) is 1.24. The number of nitrogens with zero attached hydrogens (tertiary/aromatic N) is 4. The Kier molecular flexibility index (Phi) is 8.25. The van der Waals surface area contributed by atoms with Crippen LogP contribution in [0, 0.1) is 5.92 Å². The molecule has 0 bridgehead atoms. The van der Waals surface area contributed by atoms with Crippen molar-refractivity contribution in [3.8, 4) is 5.75 Å². The van der Waals surface area contributed by atoms with Gasteiger partial charge in [-0.2, -0.15) is 4.98 Å². The molecule has 11 heteroatoms. The first kappa shape index (κ1) is 26.5. The van der Waals surface area contributed by atoms with Crippen molar-refractivity contribution in [3.63, 3.8) is 0 Å². The van der Waals surface area contributed by atoms with Gasteiger partial charge in [-0.05, 0) is 82.8 Å². The lowest BCUT2D eigenvalue weighted by atomic mass is 9.95. The molecule has 2 fully saturated rings. The average molecular weight is 616 g/mol. The lowest BCUT2D eigenvalue weighted by Gasteiger charge is -2.42. The Morgan fingerprint density at radius 1 is 1.02 bits per heavy atom. The minimum absolute atomic E-state index is 0.117. The number of likely N-dealkylation sites (tertiary alicyclic amines) is 1. The molecule has 226 valence electrons. The second kappa shape index (κ2) is 13.1. The van der Waals surface area contributed by atoms with E-state index in [9.17, 15) is 8.42 Å². The average Bonchev–Trinajstić information content (AvgIpc) is 2.99. The van der Waals surface area contributed by atoms with Gasteiger partial charge in [0.2, 0.25) is 5.95 Å². The molecule has 0 radical (unpaired) electrons. The summed E-state index contributed by atoms with van der Waals surface area (Å²) in [4.78, 5) is 13.7. The molecule has 2 N–H and O–H groups in total. The number of methoxy groups -OCH3 is 1. The van der Waals surface area contributed by atoms with Crippen molar-refractivity contribution in [1.29, 1.82) is 0 Å². The van der Waals surface area contributed by atoms with Gasteiger partial charge in [0.1, 0.15) is 10.8 Å². The third-order valence-corrected chi connectivity index (χ3v) is 10.8. The predicted octanol–water partition coefficient (Wildman–Crippen LogP) is 6.51. The van der Waals surface area contributed by atoms with Crippen molar-refractivity contribution in [1.82, 2.24) is 14.9 Å². The molecule has 42 heavy (non-hydrogen) atoms. The van der Waals surface area contributed by atoms with Gasteiger partial charge in [0.15, 0.2) is 15.7 Å². The van der Waals surface area contributed by atoms with Crippen LogP contribution in [0.15, 0.2) is 53.6 Å². The van der Waals surface area contributed by atoms with E-state index in [1.807, 2.05) is 6.07 Å². The lowest BCUT2D eigenvalue weighted by Crippen LogP contribution is -2.47. The zero-order chi connectivity index (χ0) is 32.4. The maximum absolute atomic E-state index is 12.9. The molecule has 9 nitrogen and oxygen atoms in total. The van der Waals surface area contributed by atoms with Crippen LogP contribution in [0.2, 0.25) is 5.02 Å². The minimum atomic E-state index is -3.59. The monoisotopic (exact) mass is 615 g/mol. The summed E-state index contributed by atoms with van der Waals surface area (Å²) in [6.45, 7) is 9.64. The lowest BCUT2D eigenvalue weighted by molar-refractivity contribution is 0.120. The molecule has 0 atom stereocenters. The second-order valence-corrected chi connectivity index (χ2v) is 14.3. The highest BCUT2D eigenvalue weighted by Crippen LogP contribution is 2.35. The van der Waals surface area contributed by atoms with Gasteiger partial charge < -0.3 is 25.2 Å². The van der Waals surface area contributed by atoms with Crippen molar-refractivity contribution in [3.05, 3.63) is 53.7 Å². The smallest absolute Gasteiger partial charge is 0.229 e. The van der Waals surface area contributed by atoms with Crippen LogP contribution in [-0.4, -0.2) is 67.8 Å². The van der Waals surface area contributed by atoms with E-state index in [1.165, 1.54) is 25.1 Å². The molecular formula is C31H41ClN6O3S. The number of rotatable bonds is 9. The van der Waals surface area contributed by atoms with Crippen LogP contribution in [0.1, 0.15) is 50.6 Å². The minimum Gasteiger partial charge on any atom is -0.494 e. The topological polar surface area (TPSA) is 99.7 Å². The highest BCUT2D eigenvalue weighted by Gasteiger charge is 2.28. The Labute approximate surface area is 258 Å². The zero-order valence-corrected chi connectivity index (χ0v) is 25.9. The standard InChI is InChI=1S/C31H41ClN6O3S/c1-21(2)42(39,40)29-8-6-5-7-27(29)34-30-25(32)20-33-31(36-30)35-26-10-9-24(19-28(26)41-4)38-17-13-23(14-18-38)37-15-11-22(3)12-16-37/h5-10,19-23H,11-18H2,1-4H3,(H2,33,34,35,36)/i4D3. The predicted molar refractivity (Wildman–Crippen MR) is 171 cm³/mol. The van der Waals surface area contributed by atoms with E-state index in [-0.39, 0.29) is 27.4 Å². The third-order valence-electron chi connectivity index (χ3n) is 8.30. The number of hydrogen-bond donors (Lipinski definition) is 2. The van der Waals surface area contributed by atoms with Gasteiger partial charge in [-0.3, -0.25) is 0 Å². The van der Waals surface area contributed by atoms with Gasteiger partial charge in [-0.1, -0.05) is 30.7 Å². The molecule has 0 unspecified atom stereocenters. The Hall–Kier alpha value is -3.08. The van der Waals surface area contributed by atoms with Gasteiger partial charge in [-0.25, -0.2) is 13.4 Å². The molecule has 2 aliphatic rings. The molecule has 3 aromatic rings. The first-order valence-corrected chi connectivity index (χ1v) is 16.4. The van der Waals surface area contributed by atoms with Crippen LogP contribution in [0.25, 0.3) is 0 Å². The number of para-hydroxylation sites is 1. The number of ether oxygens (including phenoxy) is 1. The summed E-state index contributed by atoms with van der Waals surface area (Å²) >= 11 is 6.40. The number of aromatic nitrogens is 2. The van der Waals surface area contributed by atoms with E-state index in [2.05, 4.69) is 37.3 Å². The van der Waals surface area contributed by atoms with Crippen molar-refractivity contribution >= 4 is 50.3 Å². The van der Waals surface area contributed by atoms with Crippen LogP contribution in [0.5, 0.6) is 5.75 Å². The summed E-state index contributed by atoms with van der Waals surface area (Å²) in [7, 11) is -6.26. The quantitative estimate of drug-likeness (QED) is 0.279. The molecular weight excluding hydrogens is 572 g/mol. The van der Waals surface area contributed by atoms with Crippen molar-refractivity contribution in [2.75, 3.05) is 48.8 Å². The number of anilines is 5. The number of benzene rings is 2. The van der Waals surface area contributed by atoms with E-state index in [0.717, 1.165) is 50.6 Å². The zero-order valence-electron chi connectivity index (χ0n) is 27.3. The molecule has 2 aromatic carbocycles. The normalized spacial score (nSPS) is 18.8. The summed E-state index contributed by atoms with van der Waals surface area (Å²) < 4.78 is 54.6. The Bertz CT molecular complexity index is 1590. The third kappa shape index (κ3) is 6.76. The SMILES string of the molecule is [2H]C([2H])([2H])Oc1cc(N2CCC(N3CCC(C)CC3)CC2)ccc1Nc1ncc(Cl)c(Nc2ccccc2S(=O)(=O)C(C)C)n1.